The van der Waals surface area contributed by atoms with E-state index in [0.717, 1.165) is 63.6 Å². The number of rotatable bonds is 16. The lowest BCUT2D eigenvalue weighted by atomic mass is 10.1. The minimum Gasteiger partial charge on any atom is -0.494 e. The number of ether oxygens (including phenoxy) is 3. The van der Waals surface area contributed by atoms with Crippen molar-refractivity contribution in [1.29, 1.82) is 0 Å². The smallest absolute Gasteiger partial charge is 0.122 e. The van der Waals surface area contributed by atoms with Gasteiger partial charge in [-0.3, -0.25) is 0 Å². The van der Waals surface area contributed by atoms with Gasteiger partial charge in [-0.2, -0.15) is 0 Å². The average molecular weight is 399 g/mol. The van der Waals surface area contributed by atoms with Crippen LogP contribution in [0.1, 0.15) is 63.5 Å². The second-order valence-corrected chi connectivity index (χ2v) is 7.32. The van der Waals surface area contributed by atoms with Crippen LogP contribution in [0.2, 0.25) is 0 Å². The molecule has 2 rings (SSSR count). The van der Waals surface area contributed by atoms with E-state index in [1.165, 1.54) is 36.8 Å². The zero-order valence-electron chi connectivity index (χ0n) is 18.3. The number of para-hydroxylation sites is 2. The predicted octanol–water partition coefficient (Wildman–Crippen LogP) is 6.63. The number of benzene rings is 2. The Labute approximate surface area is 177 Å². The highest BCUT2D eigenvalue weighted by Gasteiger charge is 2.03. The molecule has 0 aliphatic heterocycles. The van der Waals surface area contributed by atoms with Gasteiger partial charge in [-0.05, 0) is 75.6 Å². The van der Waals surface area contributed by atoms with Crippen LogP contribution in [0.3, 0.4) is 0 Å². The van der Waals surface area contributed by atoms with Crippen molar-refractivity contribution in [3.8, 4) is 11.5 Å². The molecule has 2 aromatic rings. The van der Waals surface area contributed by atoms with Crippen LogP contribution in [0.25, 0.3) is 0 Å². The molecule has 0 aliphatic carbocycles. The van der Waals surface area contributed by atoms with Gasteiger partial charge in [0.1, 0.15) is 11.5 Å². The van der Waals surface area contributed by atoms with E-state index in [9.17, 15) is 0 Å². The third-order valence-electron chi connectivity index (χ3n) is 5.01. The molecule has 0 amide bonds. The van der Waals surface area contributed by atoms with Crippen molar-refractivity contribution in [1.82, 2.24) is 0 Å². The summed E-state index contributed by atoms with van der Waals surface area (Å²) in [4.78, 5) is 0. The Morgan fingerprint density at radius 1 is 0.552 bits per heavy atom. The van der Waals surface area contributed by atoms with E-state index in [-0.39, 0.29) is 0 Å². The molecule has 0 heterocycles. The van der Waals surface area contributed by atoms with Crippen molar-refractivity contribution in [2.24, 2.45) is 0 Å². The molecule has 160 valence electrons. The molecule has 0 unspecified atom stereocenters. The van der Waals surface area contributed by atoms with Gasteiger partial charge in [0.15, 0.2) is 0 Å². The number of unbranched alkanes of at least 4 members (excludes halogenated alkanes) is 4. The normalized spacial score (nSPS) is 10.8. The second kappa shape index (κ2) is 14.9. The summed E-state index contributed by atoms with van der Waals surface area (Å²) in [7, 11) is 0. The van der Waals surface area contributed by atoms with E-state index in [0.29, 0.717) is 0 Å². The zero-order valence-corrected chi connectivity index (χ0v) is 18.3. The summed E-state index contributed by atoms with van der Waals surface area (Å²) in [6, 6.07) is 16.8. The first-order valence-corrected chi connectivity index (χ1v) is 11.3. The van der Waals surface area contributed by atoms with E-state index >= 15 is 0 Å². The quantitative estimate of drug-likeness (QED) is 0.297. The first kappa shape index (κ1) is 23.3. The van der Waals surface area contributed by atoms with Gasteiger partial charge in [-0.15, -0.1) is 0 Å². The molecule has 2 aromatic carbocycles. The first-order chi connectivity index (χ1) is 14.3. The zero-order chi connectivity index (χ0) is 20.6. The molecule has 0 fully saturated rings. The van der Waals surface area contributed by atoms with Gasteiger partial charge in [0, 0.05) is 13.2 Å². The van der Waals surface area contributed by atoms with E-state index in [2.05, 4.69) is 36.4 Å². The number of hydrogen-bond donors (Lipinski definition) is 0. The Hall–Kier alpha value is -2.00. The van der Waals surface area contributed by atoms with Crippen LogP contribution >= 0.6 is 0 Å². The van der Waals surface area contributed by atoms with Gasteiger partial charge in [-0.25, -0.2) is 0 Å². The van der Waals surface area contributed by atoms with Crippen LogP contribution in [0, 0.1) is 0 Å². The molecule has 0 spiro atoms. The molecule has 3 heteroatoms. The van der Waals surface area contributed by atoms with E-state index in [1.54, 1.807) is 0 Å². The van der Waals surface area contributed by atoms with Gasteiger partial charge in [0.05, 0.1) is 13.2 Å². The Bertz CT molecular complexity index is 611. The highest BCUT2D eigenvalue weighted by molar-refractivity contribution is 5.34. The summed E-state index contributed by atoms with van der Waals surface area (Å²) in [6.07, 6.45) is 9.22. The maximum Gasteiger partial charge on any atom is 0.122 e. The Morgan fingerprint density at radius 2 is 1.00 bits per heavy atom. The SMILES string of the molecule is CCOc1ccccc1CCCCCOCCCCCc1ccccc1OCC. The fraction of sp³-hybridized carbons (Fsp3) is 0.538. The molecule has 0 atom stereocenters. The number of aryl methyl sites for hydroxylation is 2. The van der Waals surface area contributed by atoms with Crippen LogP contribution in [0.15, 0.2) is 48.5 Å². The van der Waals surface area contributed by atoms with Crippen LogP contribution in [-0.2, 0) is 17.6 Å². The van der Waals surface area contributed by atoms with E-state index in [4.69, 9.17) is 14.2 Å². The molecule has 0 aliphatic rings. The minimum absolute atomic E-state index is 0.726. The van der Waals surface area contributed by atoms with Crippen molar-refractivity contribution < 1.29 is 14.2 Å². The molecule has 0 saturated carbocycles. The molecule has 3 nitrogen and oxygen atoms in total. The summed E-state index contributed by atoms with van der Waals surface area (Å²) in [6.45, 7) is 7.27. The van der Waals surface area contributed by atoms with Crippen molar-refractivity contribution in [2.75, 3.05) is 26.4 Å². The van der Waals surface area contributed by atoms with Crippen molar-refractivity contribution in [3.05, 3.63) is 59.7 Å². The molecule has 29 heavy (non-hydrogen) atoms. The lowest BCUT2D eigenvalue weighted by molar-refractivity contribution is 0.126. The Morgan fingerprint density at radius 3 is 1.45 bits per heavy atom. The highest BCUT2D eigenvalue weighted by atomic mass is 16.5. The summed E-state index contributed by atoms with van der Waals surface area (Å²) in [5, 5.41) is 0. The molecular formula is C26H38O3. The fourth-order valence-corrected chi connectivity index (χ4v) is 3.51. The van der Waals surface area contributed by atoms with Crippen LogP contribution in [-0.4, -0.2) is 26.4 Å². The summed E-state index contributed by atoms with van der Waals surface area (Å²) < 4.78 is 17.2. The molecular weight excluding hydrogens is 360 g/mol. The fourth-order valence-electron chi connectivity index (χ4n) is 3.51. The van der Waals surface area contributed by atoms with E-state index < -0.39 is 0 Å². The third-order valence-corrected chi connectivity index (χ3v) is 5.01. The largest absolute Gasteiger partial charge is 0.494 e. The van der Waals surface area contributed by atoms with Crippen molar-refractivity contribution in [3.63, 3.8) is 0 Å². The van der Waals surface area contributed by atoms with Crippen molar-refractivity contribution >= 4 is 0 Å². The van der Waals surface area contributed by atoms with Gasteiger partial charge in [0.25, 0.3) is 0 Å². The third kappa shape index (κ3) is 9.36. The molecule has 0 radical (unpaired) electrons. The standard InChI is InChI=1S/C26H38O3/c1-3-28-25-19-11-9-17-23(25)15-7-5-13-21-27-22-14-6-8-16-24-18-10-12-20-26(24)29-4-2/h9-12,17-20H,3-8,13-16,21-22H2,1-2H3. The number of hydrogen-bond acceptors (Lipinski definition) is 3. The second-order valence-electron chi connectivity index (χ2n) is 7.32. The van der Waals surface area contributed by atoms with Gasteiger partial charge in [-0.1, -0.05) is 49.2 Å². The highest BCUT2D eigenvalue weighted by Crippen LogP contribution is 2.21. The van der Waals surface area contributed by atoms with Gasteiger partial charge in [0.2, 0.25) is 0 Å². The van der Waals surface area contributed by atoms with Crippen molar-refractivity contribution in [2.45, 2.75) is 65.2 Å². The summed E-state index contributed by atoms with van der Waals surface area (Å²) in [5.74, 6) is 2.07. The van der Waals surface area contributed by atoms with Crippen LogP contribution in [0.4, 0.5) is 0 Å². The predicted molar refractivity (Wildman–Crippen MR) is 121 cm³/mol. The topological polar surface area (TPSA) is 27.7 Å². The molecule has 0 aromatic heterocycles. The molecule has 0 bridgehead atoms. The molecule has 0 N–H and O–H groups in total. The Kier molecular flexibility index (Phi) is 12.0. The summed E-state index contributed by atoms with van der Waals surface area (Å²) >= 11 is 0. The maximum atomic E-state index is 5.81. The monoisotopic (exact) mass is 398 g/mol. The Balaban J connectivity index is 1.46. The summed E-state index contributed by atoms with van der Waals surface area (Å²) in [5.41, 5.74) is 2.64. The lowest BCUT2D eigenvalue weighted by Gasteiger charge is -2.10. The van der Waals surface area contributed by atoms with E-state index in [1.807, 2.05) is 26.0 Å². The van der Waals surface area contributed by atoms with Crippen LogP contribution in [0.5, 0.6) is 11.5 Å². The van der Waals surface area contributed by atoms with Crippen LogP contribution < -0.4 is 9.47 Å². The minimum atomic E-state index is 0.726. The average Bonchev–Trinajstić information content (AvgIpc) is 2.74. The first-order valence-electron chi connectivity index (χ1n) is 11.3. The molecule has 0 saturated heterocycles. The maximum absolute atomic E-state index is 5.81. The van der Waals surface area contributed by atoms with Gasteiger partial charge < -0.3 is 14.2 Å². The van der Waals surface area contributed by atoms with Gasteiger partial charge >= 0.3 is 0 Å². The lowest BCUT2D eigenvalue weighted by Crippen LogP contribution is -2.00.